The maximum Gasteiger partial charge on any atom is 0.238 e. The van der Waals surface area contributed by atoms with Crippen molar-refractivity contribution in [1.29, 1.82) is 0 Å². The molecule has 1 amide bonds. The topological polar surface area (TPSA) is 53.2 Å². The highest BCUT2D eigenvalue weighted by atomic mass is 16.2. The zero-order valence-corrected chi connectivity index (χ0v) is 10.2. The van der Waals surface area contributed by atoms with Crippen molar-refractivity contribution in [2.75, 3.05) is 19.6 Å². The summed E-state index contributed by atoms with van der Waals surface area (Å²) >= 11 is 0. The molecule has 0 aliphatic carbocycles. The van der Waals surface area contributed by atoms with Crippen LogP contribution in [0.2, 0.25) is 0 Å². The standard InChI is InChI=1S/C11H23N3O/c1-8-5-13-9(6-12-8)10(15)14-7-11(2,3)4/h8-9,12-13H,5-7H2,1-4H3,(H,14,15). The lowest BCUT2D eigenvalue weighted by Gasteiger charge is -2.29. The molecular formula is C11H23N3O. The Morgan fingerprint density at radius 2 is 2.00 bits per heavy atom. The van der Waals surface area contributed by atoms with Crippen molar-refractivity contribution in [3.63, 3.8) is 0 Å². The SMILES string of the molecule is CC1CNC(C(=O)NCC(C)(C)C)CN1. The molecule has 88 valence electrons. The van der Waals surface area contributed by atoms with Crippen LogP contribution in [0.5, 0.6) is 0 Å². The van der Waals surface area contributed by atoms with E-state index in [1.807, 2.05) is 0 Å². The first-order valence-corrected chi connectivity index (χ1v) is 5.63. The second-order valence-corrected chi connectivity index (χ2v) is 5.55. The average molecular weight is 213 g/mol. The van der Waals surface area contributed by atoms with E-state index < -0.39 is 0 Å². The van der Waals surface area contributed by atoms with Crippen LogP contribution in [0.15, 0.2) is 0 Å². The second-order valence-electron chi connectivity index (χ2n) is 5.55. The molecule has 0 bridgehead atoms. The van der Waals surface area contributed by atoms with Gasteiger partial charge in [0, 0.05) is 25.7 Å². The Morgan fingerprint density at radius 3 is 2.47 bits per heavy atom. The molecule has 4 nitrogen and oxygen atoms in total. The normalized spacial score (nSPS) is 27.5. The molecule has 1 rings (SSSR count). The first-order valence-electron chi connectivity index (χ1n) is 5.63. The van der Waals surface area contributed by atoms with Gasteiger partial charge in [-0.25, -0.2) is 0 Å². The number of carbonyl (C=O) groups is 1. The summed E-state index contributed by atoms with van der Waals surface area (Å²) in [6, 6.07) is 0.375. The zero-order valence-electron chi connectivity index (χ0n) is 10.2. The molecule has 1 saturated heterocycles. The van der Waals surface area contributed by atoms with E-state index in [4.69, 9.17) is 0 Å². The van der Waals surface area contributed by atoms with E-state index in [1.165, 1.54) is 0 Å². The highest BCUT2D eigenvalue weighted by molar-refractivity contribution is 5.82. The predicted octanol–water partition coefficient (Wildman–Crippen LogP) is 0.0986. The molecule has 0 aromatic rings. The van der Waals surface area contributed by atoms with Gasteiger partial charge in [-0.15, -0.1) is 0 Å². The molecular weight excluding hydrogens is 190 g/mol. The third kappa shape index (κ3) is 4.62. The quantitative estimate of drug-likeness (QED) is 0.610. The van der Waals surface area contributed by atoms with Crippen molar-refractivity contribution < 1.29 is 4.79 Å². The van der Waals surface area contributed by atoms with Crippen LogP contribution in [-0.2, 0) is 4.79 Å². The van der Waals surface area contributed by atoms with Crippen LogP contribution in [0.3, 0.4) is 0 Å². The molecule has 1 heterocycles. The molecule has 4 heteroatoms. The number of hydrogen-bond acceptors (Lipinski definition) is 3. The third-order valence-electron chi connectivity index (χ3n) is 2.45. The Kier molecular flexibility index (Phi) is 4.11. The fraction of sp³-hybridized carbons (Fsp3) is 0.909. The van der Waals surface area contributed by atoms with E-state index in [9.17, 15) is 4.79 Å². The maximum absolute atomic E-state index is 11.7. The molecule has 1 aliphatic heterocycles. The Labute approximate surface area is 92.2 Å². The minimum absolute atomic E-state index is 0.0800. The highest BCUT2D eigenvalue weighted by Crippen LogP contribution is 2.10. The first-order chi connectivity index (χ1) is 6.88. The van der Waals surface area contributed by atoms with Crippen molar-refractivity contribution in [2.45, 2.75) is 39.8 Å². The second kappa shape index (κ2) is 4.94. The number of piperazine rings is 1. The molecule has 2 atom stereocenters. The van der Waals surface area contributed by atoms with Crippen LogP contribution < -0.4 is 16.0 Å². The fourth-order valence-electron chi connectivity index (χ4n) is 1.44. The van der Waals surface area contributed by atoms with Gasteiger partial charge in [0.25, 0.3) is 0 Å². The third-order valence-corrected chi connectivity index (χ3v) is 2.45. The summed E-state index contributed by atoms with van der Waals surface area (Å²) in [5.74, 6) is 0.101. The summed E-state index contributed by atoms with van der Waals surface area (Å²) in [7, 11) is 0. The van der Waals surface area contributed by atoms with Crippen LogP contribution in [-0.4, -0.2) is 37.6 Å². The summed E-state index contributed by atoms with van der Waals surface area (Å²) in [5, 5.41) is 9.48. The Balaban J connectivity index is 2.29. The number of nitrogens with one attached hydrogen (secondary N) is 3. The smallest absolute Gasteiger partial charge is 0.238 e. The molecule has 15 heavy (non-hydrogen) atoms. The zero-order chi connectivity index (χ0) is 11.5. The number of amides is 1. The van der Waals surface area contributed by atoms with Gasteiger partial charge in [-0.05, 0) is 12.3 Å². The van der Waals surface area contributed by atoms with Gasteiger partial charge in [-0.3, -0.25) is 4.79 Å². The summed E-state index contributed by atoms with van der Waals surface area (Å²) < 4.78 is 0. The van der Waals surface area contributed by atoms with Crippen LogP contribution >= 0.6 is 0 Å². The van der Waals surface area contributed by atoms with Crippen molar-refractivity contribution in [2.24, 2.45) is 5.41 Å². The number of carbonyl (C=O) groups excluding carboxylic acids is 1. The minimum Gasteiger partial charge on any atom is -0.354 e. The highest BCUT2D eigenvalue weighted by Gasteiger charge is 2.23. The van der Waals surface area contributed by atoms with Gasteiger partial charge in [0.15, 0.2) is 0 Å². The van der Waals surface area contributed by atoms with Crippen LogP contribution in [0.25, 0.3) is 0 Å². The largest absolute Gasteiger partial charge is 0.354 e. The van der Waals surface area contributed by atoms with E-state index in [-0.39, 0.29) is 17.4 Å². The van der Waals surface area contributed by atoms with E-state index in [0.29, 0.717) is 6.04 Å². The molecule has 2 unspecified atom stereocenters. The fourth-order valence-corrected chi connectivity index (χ4v) is 1.44. The van der Waals surface area contributed by atoms with Gasteiger partial charge in [-0.1, -0.05) is 20.8 Å². The molecule has 3 N–H and O–H groups in total. The molecule has 0 aromatic heterocycles. The van der Waals surface area contributed by atoms with Gasteiger partial charge < -0.3 is 16.0 Å². The van der Waals surface area contributed by atoms with E-state index in [1.54, 1.807) is 0 Å². The van der Waals surface area contributed by atoms with Crippen LogP contribution in [0, 0.1) is 5.41 Å². The van der Waals surface area contributed by atoms with E-state index >= 15 is 0 Å². The van der Waals surface area contributed by atoms with Crippen molar-refractivity contribution in [3.8, 4) is 0 Å². The van der Waals surface area contributed by atoms with Crippen molar-refractivity contribution in [3.05, 3.63) is 0 Å². The van der Waals surface area contributed by atoms with Gasteiger partial charge >= 0.3 is 0 Å². The monoisotopic (exact) mass is 213 g/mol. The first kappa shape index (κ1) is 12.5. The molecule has 1 aliphatic rings. The lowest BCUT2D eigenvalue weighted by Crippen LogP contribution is -2.59. The predicted molar refractivity (Wildman–Crippen MR) is 61.7 cm³/mol. The Morgan fingerprint density at radius 1 is 1.33 bits per heavy atom. The summed E-state index contributed by atoms with van der Waals surface area (Å²) in [5.41, 5.74) is 0.144. The van der Waals surface area contributed by atoms with Gasteiger partial charge in [-0.2, -0.15) is 0 Å². The van der Waals surface area contributed by atoms with E-state index in [2.05, 4.69) is 43.6 Å². The van der Waals surface area contributed by atoms with Crippen molar-refractivity contribution >= 4 is 5.91 Å². The van der Waals surface area contributed by atoms with Gasteiger partial charge in [0.05, 0.1) is 6.04 Å². The van der Waals surface area contributed by atoms with Gasteiger partial charge in [0.1, 0.15) is 0 Å². The van der Waals surface area contributed by atoms with Crippen LogP contribution in [0.4, 0.5) is 0 Å². The summed E-state index contributed by atoms with van der Waals surface area (Å²) in [4.78, 5) is 11.7. The lowest BCUT2D eigenvalue weighted by molar-refractivity contribution is -0.123. The molecule has 0 radical (unpaired) electrons. The maximum atomic E-state index is 11.7. The molecule has 0 spiro atoms. The summed E-state index contributed by atoms with van der Waals surface area (Å²) in [6.07, 6.45) is 0. The number of rotatable bonds is 2. The van der Waals surface area contributed by atoms with Gasteiger partial charge in [0.2, 0.25) is 5.91 Å². The minimum atomic E-state index is -0.0800. The molecule has 1 fully saturated rings. The average Bonchev–Trinajstić information content (AvgIpc) is 2.14. The summed E-state index contributed by atoms with van der Waals surface area (Å²) in [6.45, 7) is 10.7. The molecule has 0 saturated carbocycles. The van der Waals surface area contributed by atoms with Crippen molar-refractivity contribution in [1.82, 2.24) is 16.0 Å². The van der Waals surface area contributed by atoms with Crippen LogP contribution in [0.1, 0.15) is 27.7 Å². The molecule has 0 aromatic carbocycles. The van der Waals surface area contributed by atoms with E-state index in [0.717, 1.165) is 19.6 Å². The Hall–Kier alpha value is -0.610. The lowest BCUT2D eigenvalue weighted by atomic mass is 9.97. The Bertz CT molecular complexity index is 214. The number of hydrogen-bond donors (Lipinski definition) is 3.